The summed E-state index contributed by atoms with van der Waals surface area (Å²) in [5.74, 6) is 0.688. The largest absolute Gasteiger partial charge is 0.345 e. The number of hydrogen-bond acceptors (Lipinski definition) is 3. The van der Waals surface area contributed by atoms with Gasteiger partial charge in [0.25, 0.3) is 9.05 Å². The number of benzene rings is 1. The first-order valence-electron chi connectivity index (χ1n) is 4.12. The van der Waals surface area contributed by atoms with Crippen LogP contribution in [0.3, 0.4) is 0 Å². The lowest BCUT2D eigenvalue weighted by atomic mass is 10.2. The number of halogens is 1. The molecule has 2 rings (SSSR count). The molecule has 0 aliphatic rings. The molecule has 0 aliphatic heterocycles. The highest BCUT2D eigenvalue weighted by Crippen LogP contribution is 2.19. The standard InChI is InChI=1S/C9H7ClN2O2S/c10-15(13,14)8-3-1-7(2-4-8)9-11-5-6-12-9/h1-6H,(H,11,12). The number of aromatic nitrogens is 2. The Kier molecular flexibility index (Phi) is 2.50. The molecule has 0 bridgehead atoms. The van der Waals surface area contributed by atoms with Gasteiger partial charge in [-0.25, -0.2) is 13.4 Å². The van der Waals surface area contributed by atoms with Crippen molar-refractivity contribution in [3.63, 3.8) is 0 Å². The first kappa shape index (κ1) is 10.2. The minimum absolute atomic E-state index is 0.0828. The average Bonchev–Trinajstić information content (AvgIpc) is 2.69. The smallest absolute Gasteiger partial charge is 0.261 e. The molecule has 0 radical (unpaired) electrons. The van der Waals surface area contributed by atoms with Crippen LogP contribution in [-0.4, -0.2) is 18.4 Å². The molecule has 1 aromatic carbocycles. The van der Waals surface area contributed by atoms with Crippen molar-refractivity contribution in [1.82, 2.24) is 9.97 Å². The Balaban J connectivity index is 2.42. The van der Waals surface area contributed by atoms with Crippen LogP contribution in [0.1, 0.15) is 0 Å². The van der Waals surface area contributed by atoms with Crippen molar-refractivity contribution in [2.24, 2.45) is 0 Å². The highest BCUT2D eigenvalue weighted by atomic mass is 35.7. The minimum Gasteiger partial charge on any atom is -0.345 e. The molecule has 0 saturated carbocycles. The summed E-state index contributed by atoms with van der Waals surface area (Å²) in [5, 5.41) is 0. The van der Waals surface area contributed by atoms with Gasteiger partial charge in [0.05, 0.1) is 4.90 Å². The van der Waals surface area contributed by atoms with Gasteiger partial charge in [0, 0.05) is 28.6 Å². The Morgan fingerprint density at radius 2 is 1.87 bits per heavy atom. The summed E-state index contributed by atoms with van der Waals surface area (Å²) in [6, 6.07) is 6.18. The van der Waals surface area contributed by atoms with Gasteiger partial charge in [-0.05, 0) is 24.3 Å². The average molecular weight is 243 g/mol. The van der Waals surface area contributed by atoms with E-state index in [1.165, 1.54) is 12.1 Å². The number of hydrogen-bond donors (Lipinski definition) is 1. The minimum atomic E-state index is -3.65. The predicted molar refractivity (Wildman–Crippen MR) is 57.1 cm³/mol. The van der Waals surface area contributed by atoms with Crippen molar-refractivity contribution in [2.45, 2.75) is 4.90 Å². The number of rotatable bonds is 2. The van der Waals surface area contributed by atoms with E-state index in [1.807, 2.05) is 0 Å². The maximum Gasteiger partial charge on any atom is 0.261 e. The molecule has 4 nitrogen and oxygen atoms in total. The molecule has 0 spiro atoms. The fourth-order valence-electron chi connectivity index (χ4n) is 1.20. The zero-order valence-electron chi connectivity index (χ0n) is 7.51. The quantitative estimate of drug-likeness (QED) is 0.820. The molecule has 2 aromatic rings. The molecule has 0 fully saturated rings. The summed E-state index contributed by atoms with van der Waals surface area (Å²) in [6.07, 6.45) is 3.32. The highest BCUT2D eigenvalue weighted by Gasteiger charge is 2.09. The summed E-state index contributed by atoms with van der Waals surface area (Å²) >= 11 is 0. The van der Waals surface area contributed by atoms with Crippen molar-refractivity contribution >= 4 is 19.7 Å². The van der Waals surface area contributed by atoms with Crippen LogP contribution in [0.4, 0.5) is 0 Å². The highest BCUT2D eigenvalue weighted by molar-refractivity contribution is 8.13. The number of aromatic amines is 1. The van der Waals surface area contributed by atoms with Crippen molar-refractivity contribution in [3.8, 4) is 11.4 Å². The Labute approximate surface area is 91.3 Å². The third-order valence-electron chi connectivity index (χ3n) is 1.91. The van der Waals surface area contributed by atoms with E-state index in [1.54, 1.807) is 24.5 Å². The van der Waals surface area contributed by atoms with Crippen molar-refractivity contribution in [2.75, 3.05) is 0 Å². The number of nitrogens with zero attached hydrogens (tertiary/aromatic N) is 1. The molecule has 78 valence electrons. The monoisotopic (exact) mass is 242 g/mol. The third-order valence-corrected chi connectivity index (χ3v) is 3.28. The summed E-state index contributed by atoms with van der Waals surface area (Å²) in [5.41, 5.74) is 0.809. The lowest BCUT2D eigenvalue weighted by Gasteiger charge is -1.98. The third kappa shape index (κ3) is 2.19. The maximum absolute atomic E-state index is 11.0. The Hall–Kier alpha value is -1.33. The van der Waals surface area contributed by atoms with Crippen molar-refractivity contribution in [1.29, 1.82) is 0 Å². The SMILES string of the molecule is O=S(=O)(Cl)c1ccc(-c2ncc[nH]2)cc1. The molecule has 0 unspecified atom stereocenters. The van der Waals surface area contributed by atoms with Gasteiger partial charge in [-0.2, -0.15) is 0 Å². The Morgan fingerprint density at radius 1 is 1.20 bits per heavy atom. The lowest BCUT2D eigenvalue weighted by molar-refractivity contribution is 0.609. The van der Waals surface area contributed by atoms with E-state index in [4.69, 9.17) is 10.7 Å². The van der Waals surface area contributed by atoms with E-state index in [2.05, 4.69) is 9.97 Å². The molecule has 0 atom stereocenters. The van der Waals surface area contributed by atoms with Gasteiger partial charge in [0.1, 0.15) is 5.82 Å². The molecule has 0 aliphatic carbocycles. The Bertz CT molecular complexity index is 546. The van der Waals surface area contributed by atoms with Crippen LogP contribution < -0.4 is 0 Å². The van der Waals surface area contributed by atoms with Gasteiger partial charge in [-0.1, -0.05) is 0 Å². The molecule has 0 saturated heterocycles. The topological polar surface area (TPSA) is 62.8 Å². The molecule has 1 N–H and O–H groups in total. The fraction of sp³-hybridized carbons (Fsp3) is 0. The van der Waals surface area contributed by atoms with Crippen LogP contribution in [-0.2, 0) is 9.05 Å². The lowest BCUT2D eigenvalue weighted by Crippen LogP contribution is -1.90. The second-order valence-corrected chi connectivity index (χ2v) is 5.47. The van der Waals surface area contributed by atoms with Crippen LogP contribution >= 0.6 is 10.7 Å². The predicted octanol–water partition coefficient (Wildman–Crippen LogP) is 2.00. The van der Waals surface area contributed by atoms with E-state index >= 15 is 0 Å². The van der Waals surface area contributed by atoms with E-state index < -0.39 is 9.05 Å². The zero-order chi connectivity index (χ0) is 10.9. The second-order valence-electron chi connectivity index (χ2n) is 2.90. The maximum atomic E-state index is 11.0. The molecular formula is C9H7ClN2O2S. The molecule has 0 amide bonds. The van der Waals surface area contributed by atoms with Gasteiger partial charge in [0.15, 0.2) is 0 Å². The molecular weight excluding hydrogens is 236 g/mol. The van der Waals surface area contributed by atoms with Gasteiger partial charge >= 0.3 is 0 Å². The number of imidazole rings is 1. The van der Waals surface area contributed by atoms with Gasteiger partial charge in [-0.15, -0.1) is 0 Å². The van der Waals surface area contributed by atoms with Crippen LogP contribution in [0.2, 0.25) is 0 Å². The van der Waals surface area contributed by atoms with E-state index in [9.17, 15) is 8.42 Å². The van der Waals surface area contributed by atoms with Crippen molar-refractivity contribution in [3.05, 3.63) is 36.7 Å². The molecule has 1 aromatic heterocycles. The number of nitrogens with one attached hydrogen (secondary N) is 1. The second kappa shape index (κ2) is 3.67. The number of H-pyrrole nitrogens is 1. The summed E-state index contributed by atoms with van der Waals surface area (Å²) in [7, 11) is 1.54. The van der Waals surface area contributed by atoms with Gasteiger partial charge in [0.2, 0.25) is 0 Å². The molecule has 15 heavy (non-hydrogen) atoms. The summed E-state index contributed by atoms with van der Waals surface area (Å²) < 4.78 is 21.9. The van der Waals surface area contributed by atoms with Gasteiger partial charge < -0.3 is 4.98 Å². The zero-order valence-corrected chi connectivity index (χ0v) is 9.09. The van der Waals surface area contributed by atoms with Crippen LogP contribution in [0, 0.1) is 0 Å². The van der Waals surface area contributed by atoms with E-state index in [0.29, 0.717) is 5.82 Å². The Morgan fingerprint density at radius 3 is 2.33 bits per heavy atom. The fourth-order valence-corrected chi connectivity index (χ4v) is 1.97. The first-order chi connectivity index (χ1) is 7.07. The van der Waals surface area contributed by atoms with Crippen LogP contribution in [0.15, 0.2) is 41.6 Å². The summed E-state index contributed by atoms with van der Waals surface area (Å²) in [6.45, 7) is 0. The van der Waals surface area contributed by atoms with E-state index in [0.717, 1.165) is 5.56 Å². The van der Waals surface area contributed by atoms with Crippen LogP contribution in [0.25, 0.3) is 11.4 Å². The first-order valence-corrected chi connectivity index (χ1v) is 6.43. The normalized spacial score (nSPS) is 11.5. The van der Waals surface area contributed by atoms with Crippen LogP contribution in [0.5, 0.6) is 0 Å². The van der Waals surface area contributed by atoms with Crippen molar-refractivity contribution < 1.29 is 8.42 Å². The molecule has 1 heterocycles. The van der Waals surface area contributed by atoms with Gasteiger partial charge in [-0.3, -0.25) is 0 Å². The summed E-state index contributed by atoms with van der Waals surface area (Å²) in [4.78, 5) is 7.04. The molecule has 6 heteroatoms. The van der Waals surface area contributed by atoms with E-state index in [-0.39, 0.29) is 4.90 Å².